The van der Waals surface area contributed by atoms with Gasteiger partial charge in [-0.15, -0.1) is 10.2 Å². The number of nitrogens with zero attached hydrogens (tertiary/aromatic N) is 5. The van der Waals surface area contributed by atoms with Gasteiger partial charge in [-0.2, -0.15) is 0 Å². The van der Waals surface area contributed by atoms with Gasteiger partial charge in [0.25, 0.3) is 5.91 Å². The van der Waals surface area contributed by atoms with E-state index in [1.54, 1.807) is 41.3 Å². The fourth-order valence-electron chi connectivity index (χ4n) is 4.77. The monoisotopic (exact) mass is 553 g/mol. The summed E-state index contributed by atoms with van der Waals surface area (Å²) < 4.78 is 18.8. The van der Waals surface area contributed by atoms with Gasteiger partial charge >= 0.3 is 0 Å². The van der Waals surface area contributed by atoms with Crippen molar-refractivity contribution < 1.29 is 18.7 Å². The Labute approximate surface area is 239 Å². The summed E-state index contributed by atoms with van der Waals surface area (Å²) in [4.78, 5) is 32.2. The number of carbonyl (C=O) groups is 2. The maximum absolute atomic E-state index is 13.5. The number of methoxy groups -OCH3 is 1. The molecule has 5 rings (SSSR count). The summed E-state index contributed by atoms with van der Waals surface area (Å²) in [6.07, 6.45) is 0. The number of hydrogen-bond donors (Lipinski definition) is 0. The van der Waals surface area contributed by atoms with Crippen molar-refractivity contribution >= 4 is 17.6 Å². The lowest BCUT2D eigenvalue weighted by Crippen LogP contribution is -2.52. The minimum atomic E-state index is -0.358. The zero-order chi connectivity index (χ0) is 28.8. The van der Waals surface area contributed by atoms with Crippen LogP contribution in [0.25, 0.3) is 11.3 Å². The number of amides is 2. The lowest BCUT2D eigenvalue weighted by Gasteiger charge is -2.36. The number of benzene rings is 3. The molecule has 0 spiro atoms. The van der Waals surface area contributed by atoms with Gasteiger partial charge in [-0.3, -0.25) is 9.59 Å². The number of ether oxygens (including phenoxy) is 1. The zero-order valence-corrected chi connectivity index (χ0v) is 23.2. The fraction of sp³-hybridized carbons (Fsp3) is 0.250. The van der Waals surface area contributed by atoms with Gasteiger partial charge in [0.2, 0.25) is 5.91 Å². The van der Waals surface area contributed by atoms with E-state index in [1.165, 1.54) is 29.7 Å². The van der Waals surface area contributed by atoms with E-state index in [9.17, 15) is 14.0 Å². The molecule has 210 valence electrons. The number of aryl methyl sites for hydroxylation is 1. The zero-order valence-electron chi connectivity index (χ0n) is 23.2. The molecule has 41 heavy (non-hydrogen) atoms. The van der Waals surface area contributed by atoms with Crippen LogP contribution in [-0.2, 0) is 11.3 Å². The first-order valence-electron chi connectivity index (χ1n) is 13.5. The summed E-state index contributed by atoms with van der Waals surface area (Å²) in [5.41, 5.74) is 4.15. The van der Waals surface area contributed by atoms with E-state index in [0.29, 0.717) is 37.5 Å². The molecule has 0 N–H and O–H groups in total. The van der Waals surface area contributed by atoms with Crippen molar-refractivity contribution in [2.24, 2.45) is 0 Å². The Morgan fingerprint density at radius 2 is 1.63 bits per heavy atom. The number of halogens is 1. The molecule has 1 aliphatic heterocycles. The van der Waals surface area contributed by atoms with Crippen molar-refractivity contribution in [2.75, 3.05) is 44.7 Å². The molecular weight excluding hydrogens is 521 g/mol. The molecule has 1 fully saturated rings. The van der Waals surface area contributed by atoms with E-state index in [0.717, 1.165) is 22.6 Å². The van der Waals surface area contributed by atoms with Gasteiger partial charge in [-0.1, -0.05) is 48.0 Å². The maximum Gasteiger partial charge on any atom is 0.254 e. The van der Waals surface area contributed by atoms with Gasteiger partial charge in [-0.05, 0) is 55.0 Å². The summed E-state index contributed by atoms with van der Waals surface area (Å²) in [6, 6.07) is 24.8. The van der Waals surface area contributed by atoms with Crippen LogP contribution in [0.3, 0.4) is 0 Å². The summed E-state index contributed by atoms with van der Waals surface area (Å²) in [7, 11) is 1.53. The molecule has 3 aromatic carbocycles. The van der Waals surface area contributed by atoms with Crippen molar-refractivity contribution in [3.05, 3.63) is 107 Å². The predicted molar refractivity (Wildman–Crippen MR) is 155 cm³/mol. The standard InChI is InChI=1S/C32H32FN5O3/c1-23-6-10-25(11-7-23)29-14-15-30(35-34-29)36-16-18-37(19-17-36)31(39)22-38(21-24-8-12-27(33)13-9-24)32(40)26-4-3-5-28(20-26)41-2/h3-15,20H,16-19,21-22H2,1-2H3. The van der Waals surface area contributed by atoms with Crippen LogP contribution in [0.2, 0.25) is 0 Å². The van der Waals surface area contributed by atoms with Crippen LogP contribution in [0.4, 0.5) is 10.2 Å². The molecule has 0 bridgehead atoms. The van der Waals surface area contributed by atoms with Crippen LogP contribution in [0.1, 0.15) is 21.5 Å². The van der Waals surface area contributed by atoms with Gasteiger partial charge in [-0.25, -0.2) is 4.39 Å². The molecule has 2 heterocycles. The number of hydrogen-bond acceptors (Lipinski definition) is 6. The second-order valence-corrected chi connectivity index (χ2v) is 10.0. The summed E-state index contributed by atoms with van der Waals surface area (Å²) in [6.45, 7) is 4.32. The third kappa shape index (κ3) is 6.87. The average molecular weight is 554 g/mol. The molecule has 1 saturated heterocycles. The molecule has 1 aliphatic rings. The Kier molecular flexibility index (Phi) is 8.53. The summed E-state index contributed by atoms with van der Waals surface area (Å²) >= 11 is 0. The lowest BCUT2D eigenvalue weighted by molar-refractivity contribution is -0.132. The SMILES string of the molecule is COc1cccc(C(=O)N(CC(=O)N2CCN(c3ccc(-c4ccc(C)cc4)nn3)CC2)Cc2ccc(F)cc2)c1. The van der Waals surface area contributed by atoms with Crippen molar-refractivity contribution in [3.8, 4) is 17.0 Å². The minimum Gasteiger partial charge on any atom is -0.497 e. The normalized spacial score (nSPS) is 13.1. The van der Waals surface area contributed by atoms with Gasteiger partial charge in [0.15, 0.2) is 5.82 Å². The maximum atomic E-state index is 13.5. The Balaban J connectivity index is 1.23. The Bertz CT molecular complexity index is 1490. The Morgan fingerprint density at radius 3 is 2.29 bits per heavy atom. The van der Waals surface area contributed by atoms with Crippen LogP contribution < -0.4 is 9.64 Å². The predicted octanol–water partition coefficient (Wildman–Crippen LogP) is 4.59. The molecule has 8 nitrogen and oxygen atoms in total. The largest absolute Gasteiger partial charge is 0.497 e. The fourth-order valence-corrected chi connectivity index (χ4v) is 4.77. The topological polar surface area (TPSA) is 78.9 Å². The van der Waals surface area contributed by atoms with Gasteiger partial charge in [0, 0.05) is 43.9 Å². The first kappa shape index (κ1) is 27.8. The highest BCUT2D eigenvalue weighted by atomic mass is 19.1. The molecule has 0 aliphatic carbocycles. The molecule has 9 heteroatoms. The number of anilines is 1. The highest BCUT2D eigenvalue weighted by Gasteiger charge is 2.26. The van der Waals surface area contributed by atoms with Crippen LogP contribution in [-0.4, -0.2) is 71.6 Å². The molecule has 0 radical (unpaired) electrons. The lowest BCUT2D eigenvalue weighted by atomic mass is 10.1. The summed E-state index contributed by atoms with van der Waals surface area (Å²) in [5, 5.41) is 8.83. The van der Waals surface area contributed by atoms with E-state index in [2.05, 4.69) is 15.1 Å². The van der Waals surface area contributed by atoms with Gasteiger partial charge in [0.05, 0.1) is 12.8 Å². The van der Waals surface area contributed by atoms with E-state index in [4.69, 9.17) is 4.74 Å². The number of carbonyl (C=O) groups excluding carboxylic acids is 2. The third-order valence-electron chi connectivity index (χ3n) is 7.17. The minimum absolute atomic E-state index is 0.0987. The number of aromatic nitrogens is 2. The van der Waals surface area contributed by atoms with Crippen LogP contribution in [0.15, 0.2) is 84.9 Å². The Hall–Kier alpha value is -4.79. The molecule has 0 atom stereocenters. The van der Waals surface area contributed by atoms with E-state index < -0.39 is 0 Å². The number of piperazine rings is 1. The van der Waals surface area contributed by atoms with Crippen LogP contribution in [0, 0.1) is 12.7 Å². The van der Waals surface area contributed by atoms with Crippen LogP contribution >= 0.6 is 0 Å². The molecular formula is C32H32FN5O3. The second-order valence-electron chi connectivity index (χ2n) is 10.0. The smallest absolute Gasteiger partial charge is 0.254 e. The quantitative estimate of drug-likeness (QED) is 0.318. The van der Waals surface area contributed by atoms with E-state index in [1.807, 2.05) is 43.3 Å². The Morgan fingerprint density at radius 1 is 0.902 bits per heavy atom. The van der Waals surface area contributed by atoms with E-state index in [-0.39, 0.29) is 30.7 Å². The molecule has 2 amide bonds. The van der Waals surface area contributed by atoms with Crippen molar-refractivity contribution in [2.45, 2.75) is 13.5 Å². The second kappa shape index (κ2) is 12.6. The summed E-state index contributed by atoms with van der Waals surface area (Å²) in [5.74, 6) is 0.505. The molecule has 1 aromatic heterocycles. The van der Waals surface area contributed by atoms with Gasteiger partial charge < -0.3 is 19.4 Å². The highest BCUT2D eigenvalue weighted by Crippen LogP contribution is 2.21. The highest BCUT2D eigenvalue weighted by molar-refractivity contribution is 5.96. The average Bonchev–Trinajstić information content (AvgIpc) is 3.02. The number of rotatable bonds is 8. The van der Waals surface area contributed by atoms with Crippen molar-refractivity contribution in [1.29, 1.82) is 0 Å². The molecule has 0 unspecified atom stereocenters. The molecule has 0 saturated carbocycles. The third-order valence-corrected chi connectivity index (χ3v) is 7.17. The van der Waals surface area contributed by atoms with Crippen LogP contribution in [0.5, 0.6) is 5.75 Å². The van der Waals surface area contributed by atoms with Crippen molar-refractivity contribution in [1.82, 2.24) is 20.0 Å². The van der Waals surface area contributed by atoms with Gasteiger partial charge in [0.1, 0.15) is 18.1 Å². The molecule has 4 aromatic rings. The first-order valence-corrected chi connectivity index (χ1v) is 13.5. The van der Waals surface area contributed by atoms with Crippen molar-refractivity contribution in [3.63, 3.8) is 0 Å². The first-order chi connectivity index (χ1) is 19.9. The van der Waals surface area contributed by atoms with E-state index >= 15 is 0 Å².